The molecule has 0 aliphatic carbocycles. The molecule has 1 aromatic rings. The SMILES string of the molecule is CCCN(CCBr)C(=O)c1cnc(C)s1. The third kappa shape index (κ3) is 3.57. The van der Waals surface area contributed by atoms with E-state index >= 15 is 0 Å². The molecule has 1 rings (SSSR count). The predicted octanol–water partition coefficient (Wildman–Crippen LogP) is 2.70. The number of halogens is 1. The highest BCUT2D eigenvalue weighted by Crippen LogP contribution is 2.14. The Kier molecular flexibility index (Phi) is 5.25. The van der Waals surface area contributed by atoms with E-state index in [4.69, 9.17) is 0 Å². The van der Waals surface area contributed by atoms with E-state index in [2.05, 4.69) is 27.8 Å². The van der Waals surface area contributed by atoms with E-state index in [-0.39, 0.29) is 5.91 Å². The van der Waals surface area contributed by atoms with Crippen LogP contribution in [0.25, 0.3) is 0 Å². The Morgan fingerprint density at radius 2 is 2.33 bits per heavy atom. The number of aromatic nitrogens is 1. The summed E-state index contributed by atoms with van der Waals surface area (Å²) in [6.07, 6.45) is 2.65. The minimum Gasteiger partial charge on any atom is -0.337 e. The van der Waals surface area contributed by atoms with Gasteiger partial charge in [-0.3, -0.25) is 4.79 Å². The van der Waals surface area contributed by atoms with Crippen molar-refractivity contribution in [3.05, 3.63) is 16.1 Å². The molecule has 1 aromatic heterocycles. The fourth-order valence-corrected chi connectivity index (χ4v) is 2.48. The van der Waals surface area contributed by atoms with Gasteiger partial charge in [-0.25, -0.2) is 4.98 Å². The molecule has 0 saturated carbocycles. The number of rotatable bonds is 5. The lowest BCUT2D eigenvalue weighted by Gasteiger charge is -2.19. The predicted molar refractivity (Wildman–Crippen MR) is 66.8 cm³/mol. The van der Waals surface area contributed by atoms with Crippen LogP contribution in [0.3, 0.4) is 0 Å². The Hall–Kier alpha value is -0.420. The van der Waals surface area contributed by atoms with Gasteiger partial charge in [0.2, 0.25) is 0 Å². The average Bonchev–Trinajstić information content (AvgIpc) is 2.63. The molecular weight excluding hydrogens is 276 g/mol. The lowest BCUT2D eigenvalue weighted by atomic mass is 10.3. The van der Waals surface area contributed by atoms with E-state index in [0.717, 1.165) is 34.7 Å². The number of thiazole rings is 1. The highest BCUT2D eigenvalue weighted by molar-refractivity contribution is 9.09. The molecule has 0 unspecified atom stereocenters. The first-order chi connectivity index (χ1) is 7.19. The molecular formula is C10H15BrN2OS. The van der Waals surface area contributed by atoms with Gasteiger partial charge in [0, 0.05) is 18.4 Å². The van der Waals surface area contributed by atoms with Crippen LogP contribution in [0.1, 0.15) is 28.0 Å². The van der Waals surface area contributed by atoms with Crippen LogP contribution in [0.4, 0.5) is 0 Å². The van der Waals surface area contributed by atoms with E-state index < -0.39 is 0 Å². The van der Waals surface area contributed by atoms with Gasteiger partial charge in [0.25, 0.3) is 5.91 Å². The van der Waals surface area contributed by atoms with Crippen LogP contribution in [-0.4, -0.2) is 34.2 Å². The summed E-state index contributed by atoms with van der Waals surface area (Å²) in [5, 5.41) is 1.75. The van der Waals surface area contributed by atoms with Gasteiger partial charge in [-0.2, -0.15) is 0 Å². The summed E-state index contributed by atoms with van der Waals surface area (Å²) in [6.45, 7) is 5.55. The molecule has 0 radical (unpaired) electrons. The molecule has 3 nitrogen and oxygen atoms in total. The number of carbonyl (C=O) groups excluding carboxylic acids is 1. The summed E-state index contributed by atoms with van der Waals surface area (Å²) in [4.78, 5) is 18.7. The molecule has 0 spiro atoms. The maximum absolute atomic E-state index is 12.0. The molecule has 15 heavy (non-hydrogen) atoms. The highest BCUT2D eigenvalue weighted by Gasteiger charge is 2.16. The van der Waals surface area contributed by atoms with Gasteiger partial charge < -0.3 is 4.90 Å². The molecule has 1 heterocycles. The van der Waals surface area contributed by atoms with Gasteiger partial charge in [-0.15, -0.1) is 11.3 Å². The number of nitrogens with zero attached hydrogens (tertiary/aromatic N) is 2. The quantitative estimate of drug-likeness (QED) is 0.781. The maximum Gasteiger partial charge on any atom is 0.265 e. The Morgan fingerprint density at radius 1 is 1.60 bits per heavy atom. The normalized spacial score (nSPS) is 10.3. The lowest BCUT2D eigenvalue weighted by Crippen LogP contribution is -2.32. The second-order valence-electron chi connectivity index (χ2n) is 3.22. The molecule has 0 aromatic carbocycles. The maximum atomic E-state index is 12.0. The third-order valence-corrected chi connectivity index (χ3v) is 3.22. The first-order valence-corrected chi connectivity index (χ1v) is 6.90. The van der Waals surface area contributed by atoms with Crippen molar-refractivity contribution < 1.29 is 4.79 Å². The zero-order chi connectivity index (χ0) is 11.3. The summed E-state index contributed by atoms with van der Waals surface area (Å²) < 4.78 is 0. The van der Waals surface area contributed by atoms with Gasteiger partial charge in [0.05, 0.1) is 11.2 Å². The van der Waals surface area contributed by atoms with E-state index in [0.29, 0.717) is 0 Å². The molecule has 0 atom stereocenters. The number of alkyl halides is 1. The zero-order valence-corrected chi connectivity index (χ0v) is 11.4. The van der Waals surface area contributed by atoms with E-state index in [1.807, 2.05) is 11.8 Å². The molecule has 5 heteroatoms. The Balaban J connectivity index is 2.71. The van der Waals surface area contributed by atoms with Gasteiger partial charge in [-0.1, -0.05) is 22.9 Å². The smallest absolute Gasteiger partial charge is 0.265 e. The second kappa shape index (κ2) is 6.23. The number of aryl methyl sites for hydroxylation is 1. The van der Waals surface area contributed by atoms with Gasteiger partial charge in [-0.05, 0) is 13.3 Å². The second-order valence-corrected chi connectivity index (χ2v) is 5.25. The van der Waals surface area contributed by atoms with Gasteiger partial charge in [0.15, 0.2) is 0 Å². The van der Waals surface area contributed by atoms with Crippen LogP contribution in [0, 0.1) is 6.92 Å². The number of amides is 1. The summed E-state index contributed by atoms with van der Waals surface area (Å²) in [5.74, 6) is 0.0990. The minimum atomic E-state index is 0.0990. The van der Waals surface area contributed by atoms with E-state index in [1.165, 1.54) is 11.3 Å². The molecule has 84 valence electrons. The molecule has 0 fully saturated rings. The van der Waals surface area contributed by atoms with Crippen molar-refractivity contribution in [3.8, 4) is 0 Å². The number of carbonyl (C=O) groups is 1. The van der Waals surface area contributed by atoms with Crippen molar-refractivity contribution in [1.29, 1.82) is 0 Å². The fraction of sp³-hybridized carbons (Fsp3) is 0.600. The monoisotopic (exact) mass is 290 g/mol. The largest absolute Gasteiger partial charge is 0.337 e. The van der Waals surface area contributed by atoms with Crippen molar-refractivity contribution in [1.82, 2.24) is 9.88 Å². The van der Waals surface area contributed by atoms with Crippen LogP contribution in [0.15, 0.2) is 6.20 Å². The summed E-state index contributed by atoms with van der Waals surface area (Å²) in [5.41, 5.74) is 0. The first kappa shape index (κ1) is 12.6. The Morgan fingerprint density at radius 3 is 2.80 bits per heavy atom. The summed E-state index contributed by atoms with van der Waals surface area (Å²) >= 11 is 4.82. The van der Waals surface area contributed by atoms with Crippen LogP contribution >= 0.6 is 27.3 Å². The van der Waals surface area contributed by atoms with Crippen LogP contribution in [0.5, 0.6) is 0 Å². The molecule has 0 aliphatic heterocycles. The molecule has 0 bridgehead atoms. The van der Waals surface area contributed by atoms with Crippen molar-refractivity contribution >= 4 is 33.2 Å². The Bertz CT molecular complexity index is 321. The van der Waals surface area contributed by atoms with Crippen molar-refractivity contribution in [2.24, 2.45) is 0 Å². The van der Waals surface area contributed by atoms with Crippen LogP contribution in [-0.2, 0) is 0 Å². The van der Waals surface area contributed by atoms with Crippen molar-refractivity contribution in [2.75, 3.05) is 18.4 Å². The molecule has 0 N–H and O–H groups in total. The molecule has 0 saturated heterocycles. The fourth-order valence-electron chi connectivity index (χ4n) is 1.30. The summed E-state index contributed by atoms with van der Waals surface area (Å²) in [7, 11) is 0. The highest BCUT2D eigenvalue weighted by atomic mass is 79.9. The van der Waals surface area contributed by atoms with Crippen LogP contribution < -0.4 is 0 Å². The number of hydrogen-bond acceptors (Lipinski definition) is 3. The third-order valence-electron chi connectivity index (χ3n) is 1.97. The number of hydrogen-bond donors (Lipinski definition) is 0. The zero-order valence-electron chi connectivity index (χ0n) is 8.99. The molecule has 0 aliphatic rings. The Labute approximate surface area is 103 Å². The lowest BCUT2D eigenvalue weighted by molar-refractivity contribution is 0.0771. The topological polar surface area (TPSA) is 33.2 Å². The van der Waals surface area contributed by atoms with Gasteiger partial charge >= 0.3 is 0 Å². The minimum absolute atomic E-state index is 0.0990. The van der Waals surface area contributed by atoms with E-state index in [1.54, 1.807) is 6.20 Å². The van der Waals surface area contributed by atoms with E-state index in [9.17, 15) is 4.79 Å². The summed E-state index contributed by atoms with van der Waals surface area (Å²) in [6, 6.07) is 0. The van der Waals surface area contributed by atoms with Crippen molar-refractivity contribution in [2.45, 2.75) is 20.3 Å². The molecule has 1 amide bonds. The standard InChI is InChI=1S/C10H15BrN2OS/c1-3-5-13(6-4-11)10(14)9-7-12-8(2)15-9/h7H,3-6H2,1-2H3. The van der Waals surface area contributed by atoms with Crippen LogP contribution in [0.2, 0.25) is 0 Å². The van der Waals surface area contributed by atoms with Gasteiger partial charge in [0.1, 0.15) is 4.88 Å². The van der Waals surface area contributed by atoms with Crippen molar-refractivity contribution in [3.63, 3.8) is 0 Å². The first-order valence-electron chi connectivity index (χ1n) is 4.96. The average molecular weight is 291 g/mol.